The molecule has 7 heteroatoms. The van der Waals surface area contributed by atoms with Crippen LogP contribution in [-0.4, -0.2) is 25.9 Å². The molecule has 0 radical (unpaired) electrons. The van der Waals surface area contributed by atoms with Gasteiger partial charge in [-0.3, -0.25) is 9.59 Å². The predicted octanol–water partition coefficient (Wildman–Crippen LogP) is 4.94. The summed E-state index contributed by atoms with van der Waals surface area (Å²) in [4.78, 5) is 29.8. The number of halogens is 2. The van der Waals surface area contributed by atoms with Gasteiger partial charge in [0.2, 0.25) is 0 Å². The Hall–Kier alpha value is -3.64. The minimum atomic E-state index is -0.489. The Morgan fingerprint density at radius 1 is 0.839 bits per heavy atom. The standard InChI is InChI=1S/C24H19ClFN3O2/c1-28(2)19-11-13-20(14-12-19)29-23(30)21(15-3-5-16(25)6-4-15)22(24(29)31)27-18-9-7-17(26)8-10-18/h3-14,27H,1-2H3. The van der Waals surface area contributed by atoms with Gasteiger partial charge in [-0.2, -0.15) is 0 Å². The van der Waals surface area contributed by atoms with Crippen LogP contribution >= 0.6 is 11.6 Å². The molecule has 0 saturated carbocycles. The maximum atomic E-state index is 13.4. The van der Waals surface area contributed by atoms with Gasteiger partial charge in [-0.15, -0.1) is 0 Å². The molecule has 1 N–H and O–H groups in total. The zero-order valence-electron chi connectivity index (χ0n) is 16.9. The molecule has 0 bridgehead atoms. The Kier molecular flexibility index (Phi) is 5.48. The van der Waals surface area contributed by atoms with Gasteiger partial charge >= 0.3 is 0 Å². The molecule has 156 valence electrons. The number of rotatable bonds is 5. The van der Waals surface area contributed by atoms with Gasteiger partial charge in [0.15, 0.2) is 0 Å². The number of carbonyl (C=O) groups excluding carboxylic acids is 2. The largest absolute Gasteiger partial charge is 0.378 e. The molecule has 4 rings (SSSR count). The van der Waals surface area contributed by atoms with E-state index in [1.807, 2.05) is 31.1 Å². The summed E-state index contributed by atoms with van der Waals surface area (Å²) < 4.78 is 13.3. The molecule has 2 amide bonds. The van der Waals surface area contributed by atoms with Crippen LogP contribution in [0.4, 0.5) is 21.5 Å². The lowest BCUT2D eigenvalue weighted by molar-refractivity contribution is -0.120. The van der Waals surface area contributed by atoms with Crippen molar-refractivity contribution in [3.8, 4) is 0 Å². The van der Waals surface area contributed by atoms with Gasteiger partial charge in [0.05, 0.1) is 11.3 Å². The Bertz CT molecular complexity index is 1170. The van der Waals surface area contributed by atoms with E-state index in [-0.39, 0.29) is 11.3 Å². The fourth-order valence-corrected chi connectivity index (χ4v) is 3.47. The lowest BCUT2D eigenvalue weighted by Gasteiger charge is -2.18. The Morgan fingerprint density at radius 2 is 1.45 bits per heavy atom. The van der Waals surface area contributed by atoms with Gasteiger partial charge in [0, 0.05) is 30.5 Å². The highest BCUT2D eigenvalue weighted by Gasteiger charge is 2.40. The molecule has 0 atom stereocenters. The molecule has 0 aliphatic carbocycles. The lowest BCUT2D eigenvalue weighted by atomic mass is 10.0. The maximum Gasteiger partial charge on any atom is 0.282 e. The van der Waals surface area contributed by atoms with Gasteiger partial charge in [0.25, 0.3) is 11.8 Å². The molecular formula is C24H19ClFN3O2. The Labute approximate surface area is 184 Å². The van der Waals surface area contributed by atoms with E-state index in [0.29, 0.717) is 22.0 Å². The number of anilines is 3. The molecule has 1 aliphatic heterocycles. The fourth-order valence-electron chi connectivity index (χ4n) is 3.34. The van der Waals surface area contributed by atoms with Gasteiger partial charge in [-0.1, -0.05) is 23.7 Å². The molecule has 0 fully saturated rings. The molecule has 0 saturated heterocycles. The third kappa shape index (κ3) is 4.02. The molecule has 1 aliphatic rings. The number of amides is 2. The van der Waals surface area contributed by atoms with Crippen molar-refractivity contribution in [3.63, 3.8) is 0 Å². The smallest absolute Gasteiger partial charge is 0.282 e. The second kappa shape index (κ2) is 8.24. The van der Waals surface area contributed by atoms with Crippen molar-refractivity contribution in [1.29, 1.82) is 0 Å². The SMILES string of the molecule is CN(C)c1ccc(N2C(=O)C(Nc3ccc(F)cc3)=C(c3ccc(Cl)cc3)C2=O)cc1. The maximum absolute atomic E-state index is 13.4. The summed E-state index contributed by atoms with van der Waals surface area (Å²) in [6.07, 6.45) is 0. The zero-order valence-corrected chi connectivity index (χ0v) is 17.7. The molecule has 3 aromatic carbocycles. The molecular weight excluding hydrogens is 417 g/mol. The first kappa shape index (κ1) is 20.6. The third-order valence-corrected chi connectivity index (χ3v) is 5.21. The quantitative estimate of drug-likeness (QED) is 0.577. The molecule has 0 aromatic heterocycles. The Balaban J connectivity index is 1.77. The van der Waals surface area contributed by atoms with Crippen molar-refractivity contribution in [2.75, 3.05) is 29.2 Å². The van der Waals surface area contributed by atoms with E-state index in [0.717, 1.165) is 10.6 Å². The van der Waals surface area contributed by atoms with Gasteiger partial charge in [-0.05, 0) is 66.2 Å². The van der Waals surface area contributed by atoms with Gasteiger partial charge in [-0.25, -0.2) is 9.29 Å². The molecule has 0 spiro atoms. The van der Waals surface area contributed by atoms with Crippen molar-refractivity contribution >= 4 is 46.1 Å². The van der Waals surface area contributed by atoms with Crippen molar-refractivity contribution in [2.45, 2.75) is 0 Å². The van der Waals surface area contributed by atoms with Crippen LogP contribution in [-0.2, 0) is 9.59 Å². The van der Waals surface area contributed by atoms with Crippen LogP contribution in [0.1, 0.15) is 5.56 Å². The summed E-state index contributed by atoms with van der Waals surface area (Å²) >= 11 is 6.00. The first-order valence-corrected chi connectivity index (χ1v) is 9.92. The minimum Gasteiger partial charge on any atom is -0.378 e. The predicted molar refractivity (Wildman–Crippen MR) is 122 cm³/mol. The molecule has 31 heavy (non-hydrogen) atoms. The van der Waals surface area contributed by atoms with Crippen LogP contribution < -0.4 is 15.1 Å². The van der Waals surface area contributed by atoms with Crippen molar-refractivity contribution in [2.24, 2.45) is 0 Å². The van der Waals surface area contributed by atoms with E-state index < -0.39 is 17.6 Å². The summed E-state index contributed by atoms with van der Waals surface area (Å²) in [6.45, 7) is 0. The second-order valence-electron chi connectivity index (χ2n) is 7.25. The van der Waals surface area contributed by atoms with E-state index in [1.165, 1.54) is 24.3 Å². The van der Waals surface area contributed by atoms with E-state index >= 15 is 0 Å². The normalized spacial score (nSPS) is 13.7. The molecule has 1 heterocycles. The summed E-state index contributed by atoms with van der Waals surface area (Å²) in [5.74, 6) is -1.33. The first-order valence-electron chi connectivity index (χ1n) is 9.54. The first-order chi connectivity index (χ1) is 14.8. The van der Waals surface area contributed by atoms with Crippen LogP contribution in [0.15, 0.2) is 78.5 Å². The van der Waals surface area contributed by atoms with Crippen LogP contribution in [0.3, 0.4) is 0 Å². The summed E-state index contributed by atoms with van der Waals surface area (Å²) in [7, 11) is 3.82. The molecule has 3 aromatic rings. The van der Waals surface area contributed by atoms with Crippen LogP contribution in [0.2, 0.25) is 5.02 Å². The second-order valence-corrected chi connectivity index (χ2v) is 7.68. The topological polar surface area (TPSA) is 52.6 Å². The van der Waals surface area contributed by atoms with Gasteiger partial charge < -0.3 is 10.2 Å². The molecule has 0 unspecified atom stereocenters. The van der Waals surface area contributed by atoms with Crippen LogP contribution in [0.5, 0.6) is 0 Å². The fraction of sp³-hybridized carbons (Fsp3) is 0.0833. The van der Waals surface area contributed by atoms with E-state index in [2.05, 4.69) is 5.32 Å². The summed E-state index contributed by atoms with van der Waals surface area (Å²) in [5, 5.41) is 3.52. The Morgan fingerprint density at radius 3 is 2.03 bits per heavy atom. The number of imide groups is 1. The highest BCUT2D eigenvalue weighted by molar-refractivity contribution is 6.46. The third-order valence-electron chi connectivity index (χ3n) is 4.95. The number of nitrogens with zero attached hydrogens (tertiary/aromatic N) is 2. The van der Waals surface area contributed by atoms with E-state index in [9.17, 15) is 14.0 Å². The van der Waals surface area contributed by atoms with E-state index in [4.69, 9.17) is 11.6 Å². The average Bonchev–Trinajstić information content (AvgIpc) is 3.00. The highest BCUT2D eigenvalue weighted by Crippen LogP contribution is 2.34. The molecule has 5 nitrogen and oxygen atoms in total. The number of hydrogen-bond donors (Lipinski definition) is 1. The number of hydrogen-bond acceptors (Lipinski definition) is 4. The zero-order chi connectivity index (χ0) is 22.1. The highest BCUT2D eigenvalue weighted by atomic mass is 35.5. The average molecular weight is 436 g/mol. The van der Waals surface area contributed by atoms with Crippen molar-refractivity contribution in [3.05, 3.63) is 94.9 Å². The van der Waals surface area contributed by atoms with Crippen LogP contribution in [0, 0.1) is 5.82 Å². The van der Waals surface area contributed by atoms with E-state index in [1.54, 1.807) is 36.4 Å². The summed E-state index contributed by atoms with van der Waals surface area (Å²) in [5.41, 5.74) is 2.80. The van der Waals surface area contributed by atoms with Crippen molar-refractivity contribution in [1.82, 2.24) is 0 Å². The minimum absolute atomic E-state index is 0.121. The number of benzene rings is 3. The monoisotopic (exact) mass is 435 g/mol. The summed E-state index contributed by atoms with van der Waals surface area (Å²) in [6, 6.07) is 19.4. The lowest BCUT2D eigenvalue weighted by Crippen LogP contribution is -2.32. The van der Waals surface area contributed by atoms with Gasteiger partial charge in [0.1, 0.15) is 11.5 Å². The van der Waals surface area contributed by atoms with Crippen molar-refractivity contribution < 1.29 is 14.0 Å². The number of carbonyl (C=O) groups is 2. The number of nitrogens with one attached hydrogen (secondary N) is 1. The van der Waals surface area contributed by atoms with Crippen LogP contribution in [0.25, 0.3) is 5.57 Å².